The zero-order valence-electron chi connectivity index (χ0n) is 16.5. The predicted molar refractivity (Wildman–Crippen MR) is 118 cm³/mol. The Bertz CT molecular complexity index is 1110. The van der Waals surface area contributed by atoms with Crippen LogP contribution < -0.4 is 5.32 Å². The standard InChI is InChI=1S/C21H24N4O2S2/c1-15-8-9-16(2)19(12-15)25-20(13-22-17-6-4-3-5-7-17)23-24-21(25)28-18-10-11-29(26,27)14-18/h3-9,12,18,22H,10-11,13-14H2,1-2H3. The van der Waals surface area contributed by atoms with E-state index in [0.717, 1.165) is 33.5 Å². The average Bonchev–Trinajstić information content (AvgIpc) is 3.25. The second-order valence-electron chi connectivity index (χ2n) is 7.39. The van der Waals surface area contributed by atoms with Gasteiger partial charge in [-0.05, 0) is 49.6 Å². The Kier molecular flexibility index (Phi) is 5.65. The first-order valence-corrected chi connectivity index (χ1v) is 12.3. The molecular formula is C21H24N4O2S2. The Hall–Kier alpha value is -2.32. The topological polar surface area (TPSA) is 76.9 Å². The Balaban J connectivity index is 1.67. The van der Waals surface area contributed by atoms with Crippen molar-refractivity contribution in [3.8, 4) is 5.69 Å². The van der Waals surface area contributed by atoms with Crippen LogP contribution >= 0.6 is 11.8 Å². The summed E-state index contributed by atoms with van der Waals surface area (Å²) in [6.45, 7) is 4.65. The van der Waals surface area contributed by atoms with Crippen LogP contribution in [0.25, 0.3) is 5.69 Å². The van der Waals surface area contributed by atoms with E-state index in [1.807, 2.05) is 30.3 Å². The first-order valence-electron chi connectivity index (χ1n) is 9.59. The second-order valence-corrected chi connectivity index (χ2v) is 10.9. The molecule has 1 unspecified atom stereocenters. The Labute approximate surface area is 175 Å². The van der Waals surface area contributed by atoms with E-state index in [-0.39, 0.29) is 16.8 Å². The molecule has 1 saturated heterocycles. The lowest BCUT2D eigenvalue weighted by Crippen LogP contribution is -2.11. The summed E-state index contributed by atoms with van der Waals surface area (Å²) >= 11 is 1.51. The molecule has 3 aromatic rings. The lowest BCUT2D eigenvalue weighted by Gasteiger charge is -2.15. The van der Waals surface area contributed by atoms with Crippen LogP contribution in [0.4, 0.5) is 5.69 Å². The van der Waals surface area contributed by atoms with Gasteiger partial charge in [0.2, 0.25) is 0 Å². The third kappa shape index (κ3) is 4.64. The lowest BCUT2D eigenvalue weighted by molar-refractivity contribution is 0.602. The molecule has 2 heterocycles. The fraction of sp³-hybridized carbons (Fsp3) is 0.333. The van der Waals surface area contributed by atoms with Crippen molar-refractivity contribution >= 4 is 27.3 Å². The number of hydrogen-bond donors (Lipinski definition) is 1. The number of aromatic nitrogens is 3. The maximum absolute atomic E-state index is 11.9. The molecule has 152 valence electrons. The quantitative estimate of drug-likeness (QED) is 0.644. The summed E-state index contributed by atoms with van der Waals surface area (Å²) in [5.74, 6) is 1.26. The van der Waals surface area contributed by atoms with Crippen LogP contribution in [0, 0.1) is 13.8 Å². The van der Waals surface area contributed by atoms with Crippen LogP contribution in [-0.4, -0.2) is 39.9 Å². The number of anilines is 1. The highest BCUT2D eigenvalue weighted by Gasteiger charge is 2.30. The molecule has 0 saturated carbocycles. The van der Waals surface area contributed by atoms with Gasteiger partial charge in [0.1, 0.15) is 0 Å². The molecular weight excluding hydrogens is 404 g/mol. The monoisotopic (exact) mass is 428 g/mol. The van der Waals surface area contributed by atoms with E-state index in [1.54, 1.807) is 0 Å². The van der Waals surface area contributed by atoms with Crippen molar-refractivity contribution in [1.82, 2.24) is 14.8 Å². The van der Waals surface area contributed by atoms with E-state index in [2.05, 4.69) is 52.1 Å². The van der Waals surface area contributed by atoms with Crippen LogP contribution in [0.2, 0.25) is 0 Å². The van der Waals surface area contributed by atoms with Crippen molar-refractivity contribution in [2.45, 2.75) is 37.2 Å². The number of rotatable bonds is 6. The number of para-hydroxylation sites is 1. The third-order valence-corrected chi connectivity index (χ3v) is 8.18. The normalized spacial score (nSPS) is 18.1. The lowest BCUT2D eigenvalue weighted by atomic mass is 10.1. The average molecular weight is 429 g/mol. The molecule has 1 atom stereocenters. The second kappa shape index (κ2) is 8.20. The van der Waals surface area contributed by atoms with Crippen LogP contribution in [0.15, 0.2) is 53.7 Å². The van der Waals surface area contributed by atoms with E-state index in [0.29, 0.717) is 13.0 Å². The molecule has 1 aliphatic heterocycles. The molecule has 1 N–H and O–H groups in total. The highest BCUT2D eigenvalue weighted by atomic mass is 32.2. The molecule has 1 fully saturated rings. The van der Waals surface area contributed by atoms with Crippen LogP contribution in [0.5, 0.6) is 0 Å². The molecule has 0 amide bonds. The van der Waals surface area contributed by atoms with E-state index in [9.17, 15) is 8.42 Å². The number of aryl methyl sites for hydroxylation is 2. The largest absolute Gasteiger partial charge is 0.378 e. The first kappa shape index (κ1) is 20.0. The van der Waals surface area contributed by atoms with E-state index in [1.165, 1.54) is 11.8 Å². The van der Waals surface area contributed by atoms with Gasteiger partial charge in [0.25, 0.3) is 0 Å². The summed E-state index contributed by atoms with van der Waals surface area (Å²) < 4.78 is 25.8. The molecule has 0 spiro atoms. The summed E-state index contributed by atoms with van der Waals surface area (Å²) in [5.41, 5.74) is 4.32. The van der Waals surface area contributed by atoms with E-state index >= 15 is 0 Å². The molecule has 8 heteroatoms. The van der Waals surface area contributed by atoms with Crippen molar-refractivity contribution in [2.75, 3.05) is 16.8 Å². The molecule has 2 aromatic carbocycles. The molecule has 0 radical (unpaired) electrons. The van der Waals surface area contributed by atoms with Gasteiger partial charge in [-0.15, -0.1) is 10.2 Å². The molecule has 1 aliphatic rings. The number of nitrogens with zero attached hydrogens (tertiary/aromatic N) is 3. The van der Waals surface area contributed by atoms with Crippen molar-refractivity contribution in [2.24, 2.45) is 0 Å². The summed E-state index contributed by atoms with van der Waals surface area (Å²) in [7, 11) is -2.94. The molecule has 0 bridgehead atoms. The van der Waals surface area contributed by atoms with Crippen LogP contribution in [-0.2, 0) is 16.4 Å². The van der Waals surface area contributed by atoms with Crippen molar-refractivity contribution in [3.05, 3.63) is 65.5 Å². The minimum atomic E-state index is -2.94. The summed E-state index contributed by atoms with van der Waals surface area (Å²) in [5, 5.41) is 13.0. The Morgan fingerprint density at radius 2 is 1.93 bits per heavy atom. The number of thioether (sulfide) groups is 1. The van der Waals surface area contributed by atoms with Gasteiger partial charge in [0, 0.05) is 10.9 Å². The molecule has 0 aliphatic carbocycles. The van der Waals surface area contributed by atoms with Gasteiger partial charge < -0.3 is 5.32 Å². The number of sulfone groups is 1. The highest BCUT2D eigenvalue weighted by molar-refractivity contribution is 8.01. The van der Waals surface area contributed by atoms with Gasteiger partial charge >= 0.3 is 0 Å². The molecule has 29 heavy (non-hydrogen) atoms. The predicted octanol–water partition coefficient (Wildman–Crippen LogP) is 3.78. The Morgan fingerprint density at radius 3 is 2.66 bits per heavy atom. The van der Waals surface area contributed by atoms with Crippen LogP contribution in [0.3, 0.4) is 0 Å². The number of benzene rings is 2. The summed E-state index contributed by atoms with van der Waals surface area (Å²) in [6.07, 6.45) is 0.657. The zero-order chi connectivity index (χ0) is 20.4. The summed E-state index contributed by atoms with van der Waals surface area (Å²) in [4.78, 5) is 0. The van der Waals surface area contributed by atoms with Gasteiger partial charge in [-0.2, -0.15) is 0 Å². The first-order chi connectivity index (χ1) is 13.9. The Morgan fingerprint density at radius 1 is 1.14 bits per heavy atom. The van der Waals surface area contributed by atoms with Gasteiger partial charge in [0.15, 0.2) is 20.8 Å². The van der Waals surface area contributed by atoms with Gasteiger partial charge in [0.05, 0.1) is 23.7 Å². The minimum absolute atomic E-state index is 0.0167. The SMILES string of the molecule is Cc1ccc(C)c(-n2c(CNc3ccccc3)nnc2SC2CCS(=O)(=O)C2)c1. The van der Waals surface area contributed by atoms with Crippen molar-refractivity contribution in [1.29, 1.82) is 0 Å². The maximum Gasteiger partial charge on any atom is 0.196 e. The highest BCUT2D eigenvalue weighted by Crippen LogP contribution is 2.33. The fourth-order valence-corrected chi connectivity index (χ4v) is 6.95. The van der Waals surface area contributed by atoms with Gasteiger partial charge in [-0.3, -0.25) is 4.57 Å². The molecule has 1 aromatic heterocycles. The minimum Gasteiger partial charge on any atom is -0.378 e. The van der Waals surface area contributed by atoms with E-state index < -0.39 is 9.84 Å². The smallest absolute Gasteiger partial charge is 0.196 e. The van der Waals surface area contributed by atoms with Crippen LogP contribution in [0.1, 0.15) is 23.4 Å². The van der Waals surface area contributed by atoms with Crippen molar-refractivity contribution < 1.29 is 8.42 Å². The summed E-state index contributed by atoms with van der Waals surface area (Å²) in [6, 6.07) is 16.3. The zero-order valence-corrected chi connectivity index (χ0v) is 18.1. The maximum atomic E-state index is 11.9. The third-order valence-electron chi connectivity index (χ3n) is 4.99. The van der Waals surface area contributed by atoms with E-state index in [4.69, 9.17) is 0 Å². The number of hydrogen-bond acceptors (Lipinski definition) is 6. The molecule has 6 nitrogen and oxygen atoms in total. The fourth-order valence-electron chi connectivity index (χ4n) is 3.43. The molecule has 4 rings (SSSR count). The van der Waals surface area contributed by atoms with Gasteiger partial charge in [-0.1, -0.05) is 42.1 Å². The van der Waals surface area contributed by atoms with Gasteiger partial charge in [-0.25, -0.2) is 8.42 Å². The number of nitrogens with one attached hydrogen (secondary N) is 1. The van der Waals surface area contributed by atoms with Crippen molar-refractivity contribution in [3.63, 3.8) is 0 Å².